The van der Waals surface area contributed by atoms with Gasteiger partial charge in [0.15, 0.2) is 0 Å². The molecule has 2 amide bonds. The Bertz CT molecular complexity index is 718. The van der Waals surface area contributed by atoms with Crippen molar-refractivity contribution in [2.24, 2.45) is 0 Å². The van der Waals surface area contributed by atoms with E-state index in [0.717, 1.165) is 17.7 Å². The third kappa shape index (κ3) is 5.91. The predicted octanol–water partition coefficient (Wildman–Crippen LogP) is 4.26. The molecule has 2 rings (SSSR count). The zero-order chi connectivity index (χ0) is 18.4. The fraction of sp³-hybridized carbons (Fsp3) is 0.235. The van der Waals surface area contributed by atoms with Crippen molar-refractivity contribution in [2.75, 3.05) is 19.5 Å². The first kappa shape index (κ1) is 18.4. The number of hydrogen-bond acceptors (Lipinski definition) is 3. The molecule has 0 aliphatic heterocycles. The number of amides is 2. The minimum absolute atomic E-state index is 0.202. The molecule has 8 heteroatoms. The summed E-state index contributed by atoms with van der Waals surface area (Å²) in [6, 6.07) is 11.8. The Morgan fingerprint density at radius 1 is 1.12 bits per heavy atom. The van der Waals surface area contributed by atoms with Crippen molar-refractivity contribution in [3.05, 3.63) is 54.1 Å². The Morgan fingerprint density at radius 3 is 2.40 bits per heavy atom. The molecule has 1 N–H and O–H groups in total. The Morgan fingerprint density at radius 2 is 1.80 bits per heavy atom. The van der Waals surface area contributed by atoms with Crippen LogP contribution in [-0.4, -0.2) is 31.5 Å². The van der Waals surface area contributed by atoms with Gasteiger partial charge in [-0.2, -0.15) is 0 Å². The molecular formula is C17H17F3N2O3. The van der Waals surface area contributed by atoms with E-state index in [4.69, 9.17) is 4.74 Å². The van der Waals surface area contributed by atoms with Gasteiger partial charge in [-0.3, -0.25) is 0 Å². The van der Waals surface area contributed by atoms with Crippen LogP contribution in [0.15, 0.2) is 48.5 Å². The van der Waals surface area contributed by atoms with Crippen LogP contribution in [0.4, 0.5) is 23.7 Å². The minimum atomic E-state index is -4.78. The Labute approximate surface area is 143 Å². The second-order valence-corrected chi connectivity index (χ2v) is 5.21. The molecule has 0 atom stereocenters. The number of carbonyl (C=O) groups excluding carboxylic acids is 1. The number of urea groups is 1. The van der Waals surface area contributed by atoms with E-state index in [9.17, 15) is 18.0 Å². The summed E-state index contributed by atoms with van der Waals surface area (Å²) in [4.78, 5) is 13.6. The molecule has 0 saturated carbocycles. The molecule has 0 aliphatic carbocycles. The topological polar surface area (TPSA) is 50.8 Å². The van der Waals surface area contributed by atoms with E-state index >= 15 is 0 Å². The average Bonchev–Trinajstić information content (AvgIpc) is 2.54. The Balaban J connectivity index is 1.97. The molecule has 0 fully saturated rings. The maximum Gasteiger partial charge on any atom is 0.573 e. The second kappa shape index (κ2) is 7.78. The maximum atomic E-state index is 12.2. The van der Waals surface area contributed by atoms with Gasteiger partial charge in [-0.15, -0.1) is 13.2 Å². The summed E-state index contributed by atoms with van der Waals surface area (Å²) in [6.45, 7) is 0.328. The zero-order valence-electron chi connectivity index (χ0n) is 13.6. The summed E-state index contributed by atoms with van der Waals surface area (Å²) in [5, 5.41) is 2.53. The highest BCUT2D eigenvalue weighted by Crippen LogP contribution is 2.25. The van der Waals surface area contributed by atoms with Gasteiger partial charge < -0.3 is 19.7 Å². The molecule has 2 aromatic rings. The van der Waals surface area contributed by atoms with Crippen molar-refractivity contribution >= 4 is 11.7 Å². The van der Waals surface area contributed by atoms with Gasteiger partial charge in [0.2, 0.25) is 0 Å². The number of rotatable bonds is 5. The Kier molecular flexibility index (Phi) is 5.74. The molecule has 0 heterocycles. The molecule has 0 saturated heterocycles. The van der Waals surface area contributed by atoms with Crippen molar-refractivity contribution in [2.45, 2.75) is 12.9 Å². The number of carbonyl (C=O) groups is 1. The summed E-state index contributed by atoms with van der Waals surface area (Å²) in [6.07, 6.45) is -4.78. The Hall–Kier alpha value is -2.90. The van der Waals surface area contributed by atoms with Crippen molar-refractivity contribution in [1.82, 2.24) is 4.90 Å². The van der Waals surface area contributed by atoms with Crippen LogP contribution < -0.4 is 14.8 Å². The van der Waals surface area contributed by atoms with Crippen molar-refractivity contribution in [3.8, 4) is 11.5 Å². The molecule has 0 aromatic heterocycles. The quantitative estimate of drug-likeness (QED) is 0.873. The number of anilines is 1. The van der Waals surface area contributed by atoms with Crippen LogP contribution in [-0.2, 0) is 6.54 Å². The largest absolute Gasteiger partial charge is 0.573 e. The van der Waals surface area contributed by atoms with Gasteiger partial charge in [0, 0.05) is 25.3 Å². The molecule has 0 spiro atoms. The number of ether oxygens (including phenoxy) is 2. The second-order valence-electron chi connectivity index (χ2n) is 5.21. The van der Waals surface area contributed by atoms with Crippen LogP contribution in [0.25, 0.3) is 0 Å². The maximum absolute atomic E-state index is 12.2. The number of nitrogens with one attached hydrogen (secondary N) is 1. The lowest BCUT2D eigenvalue weighted by Crippen LogP contribution is -2.30. The number of halogens is 3. The van der Waals surface area contributed by atoms with Gasteiger partial charge >= 0.3 is 12.4 Å². The highest BCUT2D eigenvalue weighted by Gasteiger charge is 2.31. The highest BCUT2D eigenvalue weighted by molar-refractivity contribution is 5.89. The smallest absolute Gasteiger partial charge is 0.497 e. The molecule has 5 nitrogen and oxygen atoms in total. The molecular weight excluding hydrogens is 337 g/mol. The number of alkyl halides is 3. The van der Waals surface area contributed by atoms with E-state index in [1.807, 2.05) is 12.1 Å². The standard InChI is InChI=1S/C17H17F3N2O3/c1-22(11-12-6-8-14(24-2)9-7-12)16(23)21-13-4-3-5-15(10-13)25-17(18,19)20/h3-10H,11H2,1-2H3,(H,21,23). The lowest BCUT2D eigenvalue weighted by Gasteiger charge is -2.18. The van der Waals surface area contributed by atoms with E-state index in [-0.39, 0.29) is 5.69 Å². The lowest BCUT2D eigenvalue weighted by molar-refractivity contribution is -0.274. The van der Waals surface area contributed by atoms with E-state index in [0.29, 0.717) is 12.3 Å². The van der Waals surface area contributed by atoms with Crippen molar-refractivity contribution in [3.63, 3.8) is 0 Å². The van der Waals surface area contributed by atoms with E-state index < -0.39 is 18.1 Å². The van der Waals surface area contributed by atoms with Crippen LogP contribution in [0.1, 0.15) is 5.56 Å². The first-order valence-electron chi connectivity index (χ1n) is 7.28. The van der Waals surface area contributed by atoms with E-state index in [1.54, 1.807) is 26.3 Å². The fourth-order valence-corrected chi connectivity index (χ4v) is 2.07. The summed E-state index contributed by atoms with van der Waals surface area (Å²) in [5.74, 6) is 0.306. The zero-order valence-corrected chi connectivity index (χ0v) is 13.6. The van der Waals surface area contributed by atoms with Gasteiger partial charge in [-0.1, -0.05) is 18.2 Å². The molecule has 0 unspecified atom stereocenters. The fourth-order valence-electron chi connectivity index (χ4n) is 2.07. The van der Waals surface area contributed by atoms with Crippen molar-refractivity contribution < 1.29 is 27.4 Å². The molecule has 134 valence electrons. The average molecular weight is 354 g/mol. The summed E-state index contributed by atoms with van der Waals surface area (Å²) in [7, 11) is 3.14. The van der Waals surface area contributed by atoms with Crippen LogP contribution in [0.5, 0.6) is 11.5 Å². The van der Waals surface area contributed by atoms with E-state index in [1.165, 1.54) is 17.0 Å². The van der Waals surface area contributed by atoms with Crippen molar-refractivity contribution in [1.29, 1.82) is 0 Å². The van der Waals surface area contributed by atoms with Crippen LogP contribution in [0.3, 0.4) is 0 Å². The third-order valence-corrected chi connectivity index (χ3v) is 3.24. The first-order chi connectivity index (χ1) is 11.8. The SMILES string of the molecule is COc1ccc(CN(C)C(=O)Nc2cccc(OC(F)(F)F)c2)cc1. The summed E-state index contributed by atoms with van der Waals surface area (Å²) >= 11 is 0. The molecule has 2 aromatic carbocycles. The predicted molar refractivity (Wildman–Crippen MR) is 86.6 cm³/mol. The third-order valence-electron chi connectivity index (χ3n) is 3.24. The lowest BCUT2D eigenvalue weighted by atomic mass is 10.2. The van der Waals surface area contributed by atoms with Crippen LogP contribution in [0, 0.1) is 0 Å². The number of methoxy groups -OCH3 is 1. The molecule has 0 bridgehead atoms. The molecule has 0 aliphatic rings. The van der Waals surface area contributed by atoms with Gasteiger partial charge in [0.1, 0.15) is 11.5 Å². The first-order valence-corrected chi connectivity index (χ1v) is 7.28. The van der Waals surface area contributed by atoms with Gasteiger partial charge in [-0.25, -0.2) is 4.79 Å². The van der Waals surface area contributed by atoms with E-state index in [2.05, 4.69) is 10.1 Å². The monoisotopic (exact) mass is 354 g/mol. The molecule has 0 radical (unpaired) electrons. The van der Waals surface area contributed by atoms with Crippen LogP contribution in [0.2, 0.25) is 0 Å². The normalized spacial score (nSPS) is 10.9. The van der Waals surface area contributed by atoms with Gasteiger partial charge in [0.25, 0.3) is 0 Å². The highest BCUT2D eigenvalue weighted by atomic mass is 19.4. The minimum Gasteiger partial charge on any atom is -0.497 e. The molecule has 25 heavy (non-hydrogen) atoms. The number of hydrogen-bond donors (Lipinski definition) is 1. The van der Waals surface area contributed by atoms with Gasteiger partial charge in [-0.05, 0) is 29.8 Å². The van der Waals surface area contributed by atoms with Crippen LogP contribution >= 0.6 is 0 Å². The summed E-state index contributed by atoms with van der Waals surface area (Å²) < 4.78 is 45.6. The van der Waals surface area contributed by atoms with Gasteiger partial charge in [0.05, 0.1) is 7.11 Å². The number of benzene rings is 2. The number of nitrogens with zero attached hydrogens (tertiary/aromatic N) is 1. The summed E-state index contributed by atoms with van der Waals surface area (Å²) in [5.41, 5.74) is 1.08.